The number of alkyl halides is 1. The molecular formula is C10H15F. The average molecular weight is 154 g/mol. The Labute approximate surface area is 67.8 Å². The second-order valence-electron chi connectivity index (χ2n) is 3.35. The number of allylic oxidation sites excluding steroid dienone is 4. The Morgan fingerprint density at radius 1 is 1.36 bits per heavy atom. The van der Waals surface area contributed by atoms with Crippen molar-refractivity contribution in [2.24, 2.45) is 5.92 Å². The number of hydrogen-bond donors (Lipinski definition) is 0. The van der Waals surface area contributed by atoms with Gasteiger partial charge in [0.2, 0.25) is 0 Å². The van der Waals surface area contributed by atoms with E-state index in [1.165, 1.54) is 5.57 Å². The van der Waals surface area contributed by atoms with Gasteiger partial charge in [-0.3, -0.25) is 0 Å². The molecule has 0 saturated carbocycles. The fourth-order valence-corrected chi connectivity index (χ4v) is 1.29. The van der Waals surface area contributed by atoms with Crippen LogP contribution >= 0.6 is 0 Å². The lowest BCUT2D eigenvalue weighted by Crippen LogP contribution is -2.00. The van der Waals surface area contributed by atoms with Crippen molar-refractivity contribution >= 4 is 0 Å². The average Bonchev–Trinajstić information content (AvgIpc) is 2.05. The van der Waals surface area contributed by atoms with Gasteiger partial charge in [0.15, 0.2) is 0 Å². The lowest BCUT2D eigenvalue weighted by molar-refractivity contribution is 0.526. The summed E-state index contributed by atoms with van der Waals surface area (Å²) in [5.41, 5.74) is 2.39. The Balaban J connectivity index is 2.61. The van der Waals surface area contributed by atoms with Crippen molar-refractivity contribution in [2.75, 3.05) is 6.67 Å². The lowest BCUT2D eigenvalue weighted by Gasteiger charge is -2.15. The van der Waals surface area contributed by atoms with Gasteiger partial charge in [0.1, 0.15) is 6.67 Å². The summed E-state index contributed by atoms with van der Waals surface area (Å²) in [7, 11) is 0. The van der Waals surface area contributed by atoms with E-state index in [0.29, 0.717) is 5.92 Å². The van der Waals surface area contributed by atoms with Gasteiger partial charge in [-0.05, 0) is 24.3 Å². The van der Waals surface area contributed by atoms with Gasteiger partial charge in [0.05, 0.1) is 0 Å². The highest BCUT2D eigenvalue weighted by Gasteiger charge is 2.08. The molecule has 0 aromatic heterocycles. The largest absolute Gasteiger partial charge is 0.246 e. The zero-order chi connectivity index (χ0) is 8.27. The molecule has 0 aromatic rings. The molecular weight excluding hydrogens is 139 g/mol. The van der Waals surface area contributed by atoms with E-state index in [-0.39, 0.29) is 6.67 Å². The predicted molar refractivity (Wildman–Crippen MR) is 46.2 cm³/mol. The van der Waals surface area contributed by atoms with Crippen molar-refractivity contribution in [1.29, 1.82) is 0 Å². The number of halogens is 1. The van der Waals surface area contributed by atoms with Gasteiger partial charge in [-0.15, -0.1) is 0 Å². The molecule has 62 valence electrons. The molecule has 0 fully saturated rings. The highest BCUT2D eigenvalue weighted by molar-refractivity contribution is 5.25. The Bertz CT molecular complexity index is 187. The maximum absolute atomic E-state index is 12.1. The molecule has 0 N–H and O–H groups in total. The van der Waals surface area contributed by atoms with Crippen LogP contribution in [0.1, 0.15) is 26.7 Å². The Kier molecular flexibility index (Phi) is 2.86. The van der Waals surface area contributed by atoms with Crippen molar-refractivity contribution in [3.63, 3.8) is 0 Å². The molecule has 11 heavy (non-hydrogen) atoms. The zero-order valence-electron chi connectivity index (χ0n) is 7.23. The third-order valence-corrected chi connectivity index (χ3v) is 2.18. The highest BCUT2D eigenvalue weighted by Crippen LogP contribution is 2.23. The molecule has 0 spiro atoms. The monoisotopic (exact) mass is 154 g/mol. The quantitative estimate of drug-likeness (QED) is 0.572. The minimum atomic E-state index is -0.276. The van der Waals surface area contributed by atoms with E-state index < -0.39 is 0 Å². The van der Waals surface area contributed by atoms with Gasteiger partial charge >= 0.3 is 0 Å². The summed E-state index contributed by atoms with van der Waals surface area (Å²) in [6.07, 6.45) is 5.97. The smallest absolute Gasteiger partial charge is 0.111 e. The summed E-state index contributed by atoms with van der Waals surface area (Å²) in [5, 5.41) is 0. The van der Waals surface area contributed by atoms with E-state index in [4.69, 9.17) is 0 Å². The van der Waals surface area contributed by atoms with Crippen molar-refractivity contribution in [1.82, 2.24) is 0 Å². The summed E-state index contributed by atoms with van der Waals surface area (Å²) < 4.78 is 12.1. The molecule has 0 unspecified atom stereocenters. The summed E-state index contributed by atoms with van der Waals surface area (Å²) in [5.74, 6) is 0.618. The lowest BCUT2D eigenvalue weighted by atomic mass is 9.92. The molecule has 1 aliphatic rings. The molecule has 0 radical (unpaired) electrons. The van der Waals surface area contributed by atoms with Crippen LogP contribution < -0.4 is 0 Å². The van der Waals surface area contributed by atoms with E-state index in [1.807, 2.05) is 6.08 Å². The van der Waals surface area contributed by atoms with Crippen molar-refractivity contribution in [3.05, 3.63) is 23.3 Å². The molecule has 0 nitrogen and oxygen atoms in total. The fraction of sp³-hybridized carbons (Fsp3) is 0.600. The summed E-state index contributed by atoms with van der Waals surface area (Å²) in [4.78, 5) is 0. The van der Waals surface area contributed by atoms with Crippen LogP contribution in [0.4, 0.5) is 4.39 Å². The summed E-state index contributed by atoms with van der Waals surface area (Å²) in [6.45, 7) is 4.09. The molecule has 1 aliphatic carbocycles. The molecule has 0 saturated heterocycles. The number of hydrogen-bond acceptors (Lipinski definition) is 0. The standard InChI is InChI=1S/C10H15F/c1-8(2)10-5-3-9(7-11)4-6-10/h3,5,8H,4,6-7H2,1-2H3. The topological polar surface area (TPSA) is 0 Å². The van der Waals surface area contributed by atoms with Crippen LogP contribution in [-0.2, 0) is 0 Å². The number of rotatable bonds is 2. The first kappa shape index (κ1) is 8.51. The second-order valence-corrected chi connectivity index (χ2v) is 3.35. The van der Waals surface area contributed by atoms with Gasteiger partial charge < -0.3 is 0 Å². The van der Waals surface area contributed by atoms with Crippen molar-refractivity contribution in [3.8, 4) is 0 Å². The predicted octanol–water partition coefficient (Wildman–Crippen LogP) is 3.26. The van der Waals surface area contributed by atoms with E-state index >= 15 is 0 Å². The van der Waals surface area contributed by atoms with Crippen LogP contribution in [0.2, 0.25) is 0 Å². The first-order chi connectivity index (χ1) is 5.24. The van der Waals surface area contributed by atoms with E-state index in [9.17, 15) is 4.39 Å². The maximum atomic E-state index is 12.1. The molecule has 1 heteroatoms. The van der Waals surface area contributed by atoms with Crippen LogP contribution in [-0.4, -0.2) is 6.67 Å². The SMILES string of the molecule is CC(C)C1=CC=C(CF)CC1. The Hall–Kier alpha value is -0.590. The first-order valence-corrected chi connectivity index (χ1v) is 4.18. The minimum Gasteiger partial charge on any atom is -0.246 e. The zero-order valence-corrected chi connectivity index (χ0v) is 7.23. The van der Waals surface area contributed by atoms with Crippen LogP contribution in [0, 0.1) is 5.92 Å². The van der Waals surface area contributed by atoms with Crippen LogP contribution in [0.25, 0.3) is 0 Å². The van der Waals surface area contributed by atoms with E-state index in [2.05, 4.69) is 19.9 Å². The van der Waals surface area contributed by atoms with E-state index in [1.54, 1.807) is 0 Å². The van der Waals surface area contributed by atoms with E-state index in [0.717, 1.165) is 18.4 Å². The normalized spacial score (nSPS) is 18.2. The van der Waals surface area contributed by atoms with Crippen LogP contribution in [0.15, 0.2) is 23.3 Å². The molecule has 0 heterocycles. The summed E-state index contributed by atoms with van der Waals surface area (Å²) in [6, 6.07) is 0. The van der Waals surface area contributed by atoms with Gasteiger partial charge in [-0.2, -0.15) is 0 Å². The maximum Gasteiger partial charge on any atom is 0.111 e. The molecule has 0 atom stereocenters. The molecule has 0 aromatic carbocycles. The van der Waals surface area contributed by atoms with Gasteiger partial charge in [0, 0.05) is 0 Å². The second kappa shape index (κ2) is 3.70. The van der Waals surface area contributed by atoms with Gasteiger partial charge in [0.25, 0.3) is 0 Å². The van der Waals surface area contributed by atoms with Gasteiger partial charge in [-0.25, -0.2) is 4.39 Å². The summed E-state index contributed by atoms with van der Waals surface area (Å²) >= 11 is 0. The molecule has 0 bridgehead atoms. The Morgan fingerprint density at radius 2 is 2.09 bits per heavy atom. The third kappa shape index (κ3) is 2.18. The molecule has 1 rings (SSSR count). The molecule has 0 amide bonds. The first-order valence-electron chi connectivity index (χ1n) is 4.18. The van der Waals surface area contributed by atoms with Gasteiger partial charge in [-0.1, -0.05) is 31.6 Å². The molecule has 0 aliphatic heterocycles. The van der Waals surface area contributed by atoms with Crippen LogP contribution in [0.3, 0.4) is 0 Å². The highest BCUT2D eigenvalue weighted by atomic mass is 19.1. The Morgan fingerprint density at radius 3 is 2.45 bits per heavy atom. The third-order valence-electron chi connectivity index (χ3n) is 2.18. The fourth-order valence-electron chi connectivity index (χ4n) is 1.29. The van der Waals surface area contributed by atoms with Crippen LogP contribution in [0.5, 0.6) is 0 Å². The van der Waals surface area contributed by atoms with Crippen molar-refractivity contribution < 1.29 is 4.39 Å². The minimum absolute atomic E-state index is 0.276. The van der Waals surface area contributed by atoms with Crippen molar-refractivity contribution in [2.45, 2.75) is 26.7 Å².